The van der Waals surface area contributed by atoms with Crippen LogP contribution in [0.15, 0.2) is 24.3 Å². The number of nitrogens with one attached hydrogen (secondary N) is 1. The lowest BCUT2D eigenvalue weighted by molar-refractivity contribution is -0.139. The molecule has 1 aromatic carbocycles. The van der Waals surface area contributed by atoms with Gasteiger partial charge in [0.25, 0.3) is 0 Å². The molecule has 5 heteroatoms. The number of imide groups is 1. The van der Waals surface area contributed by atoms with Crippen LogP contribution in [0.5, 0.6) is 5.75 Å². The van der Waals surface area contributed by atoms with Gasteiger partial charge in [0.2, 0.25) is 5.91 Å². The summed E-state index contributed by atoms with van der Waals surface area (Å²) in [6.45, 7) is 4.31. The monoisotopic (exact) mass is 262 g/mol. The molecule has 102 valence electrons. The zero-order valence-electron chi connectivity index (χ0n) is 11.4. The number of nitrogens with zero attached hydrogens (tertiary/aromatic N) is 1. The van der Waals surface area contributed by atoms with E-state index in [9.17, 15) is 9.59 Å². The second-order valence-corrected chi connectivity index (χ2v) is 5.28. The molecule has 5 nitrogen and oxygen atoms in total. The smallest absolute Gasteiger partial charge is 0.324 e. The lowest BCUT2D eigenvalue weighted by Gasteiger charge is -2.36. The number of carbonyl (C=O) groups is 2. The van der Waals surface area contributed by atoms with E-state index in [1.165, 1.54) is 4.90 Å². The second kappa shape index (κ2) is 4.91. The second-order valence-electron chi connectivity index (χ2n) is 5.28. The number of rotatable bonds is 3. The highest BCUT2D eigenvalue weighted by Crippen LogP contribution is 2.23. The molecule has 0 aliphatic carbocycles. The number of methoxy groups -OCH3 is 1. The Morgan fingerprint density at radius 1 is 1.26 bits per heavy atom. The van der Waals surface area contributed by atoms with Crippen LogP contribution in [0.1, 0.15) is 19.4 Å². The highest BCUT2D eigenvalue weighted by Gasteiger charge is 2.39. The van der Waals surface area contributed by atoms with Crippen molar-refractivity contribution in [2.45, 2.75) is 20.4 Å². The fourth-order valence-corrected chi connectivity index (χ4v) is 1.98. The molecule has 2 rings (SSSR count). The summed E-state index contributed by atoms with van der Waals surface area (Å²) in [6.07, 6.45) is 0. The van der Waals surface area contributed by atoms with E-state index in [1.54, 1.807) is 7.11 Å². The van der Waals surface area contributed by atoms with Gasteiger partial charge in [0.05, 0.1) is 19.1 Å². The molecule has 1 aliphatic heterocycles. The van der Waals surface area contributed by atoms with Gasteiger partial charge in [-0.15, -0.1) is 0 Å². The van der Waals surface area contributed by atoms with E-state index < -0.39 is 5.41 Å². The standard InChI is InChI=1S/C14H18N2O3/c1-14(2)9-15-13(18)16(12(14)17)8-10-4-6-11(19-3)7-5-10/h4-7H,8-9H2,1-3H3,(H,15,18). The van der Waals surface area contributed by atoms with Crippen LogP contribution in [0.25, 0.3) is 0 Å². The summed E-state index contributed by atoms with van der Waals surface area (Å²) < 4.78 is 5.07. The van der Waals surface area contributed by atoms with E-state index in [1.807, 2.05) is 38.1 Å². The van der Waals surface area contributed by atoms with Crippen molar-refractivity contribution >= 4 is 11.9 Å². The molecule has 0 aromatic heterocycles. The molecule has 1 heterocycles. The molecule has 1 aliphatic rings. The normalized spacial score (nSPS) is 18.2. The van der Waals surface area contributed by atoms with Gasteiger partial charge < -0.3 is 10.1 Å². The lowest BCUT2D eigenvalue weighted by atomic mass is 9.90. The van der Waals surface area contributed by atoms with Gasteiger partial charge in [0.15, 0.2) is 0 Å². The van der Waals surface area contributed by atoms with Gasteiger partial charge in [0.1, 0.15) is 5.75 Å². The molecule has 3 amide bonds. The summed E-state index contributed by atoms with van der Waals surface area (Å²) in [7, 11) is 1.60. The summed E-state index contributed by atoms with van der Waals surface area (Å²) in [4.78, 5) is 25.3. The minimum Gasteiger partial charge on any atom is -0.497 e. The number of amides is 3. The number of ether oxygens (including phenoxy) is 1. The van der Waals surface area contributed by atoms with Crippen LogP contribution >= 0.6 is 0 Å². The van der Waals surface area contributed by atoms with E-state index in [4.69, 9.17) is 4.74 Å². The molecular formula is C14H18N2O3. The average Bonchev–Trinajstić information content (AvgIpc) is 2.40. The average molecular weight is 262 g/mol. The third-order valence-electron chi connectivity index (χ3n) is 3.25. The number of carbonyl (C=O) groups excluding carboxylic acids is 2. The molecule has 0 spiro atoms. The minimum atomic E-state index is -0.555. The van der Waals surface area contributed by atoms with E-state index in [0.29, 0.717) is 6.54 Å². The van der Waals surface area contributed by atoms with Crippen molar-refractivity contribution in [1.82, 2.24) is 10.2 Å². The Balaban J connectivity index is 2.15. The number of urea groups is 1. The number of benzene rings is 1. The van der Waals surface area contributed by atoms with Crippen LogP contribution in [-0.2, 0) is 11.3 Å². The summed E-state index contributed by atoms with van der Waals surface area (Å²) >= 11 is 0. The van der Waals surface area contributed by atoms with Gasteiger partial charge in [0, 0.05) is 6.54 Å². The summed E-state index contributed by atoms with van der Waals surface area (Å²) in [6, 6.07) is 6.99. The van der Waals surface area contributed by atoms with Crippen molar-refractivity contribution in [2.24, 2.45) is 5.41 Å². The molecule has 1 fully saturated rings. The van der Waals surface area contributed by atoms with Crippen molar-refractivity contribution in [3.8, 4) is 5.75 Å². The highest BCUT2D eigenvalue weighted by molar-refractivity contribution is 5.99. The molecule has 1 aromatic rings. The van der Waals surface area contributed by atoms with Crippen LogP contribution in [0.4, 0.5) is 4.79 Å². The molecule has 19 heavy (non-hydrogen) atoms. The van der Waals surface area contributed by atoms with E-state index in [2.05, 4.69) is 5.32 Å². The Hall–Kier alpha value is -2.04. The largest absolute Gasteiger partial charge is 0.497 e. The molecule has 0 unspecified atom stereocenters. The van der Waals surface area contributed by atoms with Gasteiger partial charge in [-0.3, -0.25) is 9.69 Å². The Morgan fingerprint density at radius 3 is 2.47 bits per heavy atom. The van der Waals surface area contributed by atoms with Crippen molar-refractivity contribution < 1.29 is 14.3 Å². The zero-order valence-corrected chi connectivity index (χ0v) is 11.4. The van der Waals surface area contributed by atoms with Crippen molar-refractivity contribution in [3.63, 3.8) is 0 Å². The van der Waals surface area contributed by atoms with Gasteiger partial charge in [-0.1, -0.05) is 12.1 Å². The van der Waals surface area contributed by atoms with Crippen LogP contribution in [0, 0.1) is 5.41 Å². The third kappa shape index (κ3) is 2.70. The fourth-order valence-electron chi connectivity index (χ4n) is 1.98. The fraction of sp³-hybridized carbons (Fsp3) is 0.429. The SMILES string of the molecule is COc1ccc(CN2C(=O)NCC(C)(C)C2=O)cc1. The van der Waals surface area contributed by atoms with E-state index in [0.717, 1.165) is 11.3 Å². The maximum absolute atomic E-state index is 12.2. The van der Waals surface area contributed by atoms with E-state index >= 15 is 0 Å². The quantitative estimate of drug-likeness (QED) is 0.903. The predicted molar refractivity (Wildman–Crippen MR) is 70.7 cm³/mol. The first-order valence-electron chi connectivity index (χ1n) is 6.17. The van der Waals surface area contributed by atoms with Crippen molar-refractivity contribution in [2.75, 3.05) is 13.7 Å². The van der Waals surface area contributed by atoms with Gasteiger partial charge in [-0.25, -0.2) is 4.79 Å². The van der Waals surface area contributed by atoms with Crippen molar-refractivity contribution in [3.05, 3.63) is 29.8 Å². The van der Waals surface area contributed by atoms with Crippen molar-refractivity contribution in [1.29, 1.82) is 0 Å². The van der Waals surface area contributed by atoms with Crippen LogP contribution in [0.2, 0.25) is 0 Å². The van der Waals surface area contributed by atoms with Gasteiger partial charge in [-0.05, 0) is 31.5 Å². The van der Waals surface area contributed by atoms with Gasteiger partial charge in [-0.2, -0.15) is 0 Å². The first-order valence-corrected chi connectivity index (χ1v) is 6.17. The molecular weight excluding hydrogens is 244 g/mol. The highest BCUT2D eigenvalue weighted by atomic mass is 16.5. The Kier molecular flexibility index (Phi) is 3.46. The Bertz CT molecular complexity index is 494. The molecule has 0 bridgehead atoms. The Morgan fingerprint density at radius 2 is 1.89 bits per heavy atom. The molecule has 1 saturated heterocycles. The Labute approximate surface area is 112 Å². The first kappa shape index (κ1) is 13.4. The van der Waals surface area contributed by atoms with E-state index in [-0.39, 0.29) is 18.5 Å². The maximum Gasteiger partial charge on any atom is 0.324 e. The van der Waals surface area contributed by atoms with Crippen LogP contribution in [-0.4, -0.2) is 30.5 Å². The third-order valence-corrected chi connectivity index (χ3v) is 3.25. The van der Waals surface area contributed by atoms with Crippen LogP contribution in [0.3, 0.4) is 0 Å². The lowest BCUT2D eigenvalue weighted by Crippen LogP contribution is -2.58. The molecule has 0 atom stereocenters. The maximum atomic E-state index is 12.2. The zero-order chi connectivity index (χ0) is 14.0. The summed E-state index contributed by atoms with van der Waals surface area (Å²) in [5.41, 5.74) is 0.336. The molecule has 1 N–H and O–H groups in total. The predicted octanol–water partition coefficient (Wildman–Crippen LogP) is 1.77. The first-order chi connectivity index (χ1) is 8.94. The summed E-state index contributed by atoms with van der Waals surface area (Å²) in [5.74, 6) is 0.602. The van der Waals surface area contributed by atoms with Gasteiger partial charge >= 0.3 is 6.03 Å². The molecule has 0 radical (unpaired) electrons. The molecule has 0 saturated carbocycles. The number of hydrogen-bond donors (Lipinski definition) is 1. The topological polar surface area (TPSA) is 58.6 Å². The minimum absolute atomic E-state index is 0.146. The van der Waals surface area contributed by atoms with Crippen LogP contribution < -0.4 is 10.1 Å². The number of hydrogen-bond acceptors (Lipinski definition) is 3. The summed E-state index contributed by atoms with van der Waals surface area (Å²) in [5, 5.41) is 2.74.